The summed E-state index contributed by atoms with van der Waals surface area (Å²) in [6, 6.07) is 11.3. The van der Waals surface area contributed by atoms with Gasteiger partial charge in [-0.2, -0.15) is 0 Å². The maximum Gasteiger partial charge on any atom is 0.150 e. The highest BCUT2D eigenvalue weighted by Crippen LogP contribution is 2.33. The lowest BCUT2D eigenvalue weighted by Gasteiger charge is -2.11. The molecule has 0 aliphatic carbocycles. The number of benzene rings is 2. The lowest BCUT2D eigenvalue weighted by atomic mass is 10.2. The van der Waals surface area contributed by atoms with Crippen LogP contribution in [0.2, 0.25) is 5.02 Å². The summed E-state index contributed by atoms with van der Waals surface area (Å²) in [7, 11) is 0. The van der Waals surface area contributed by atoms with Crippen LogP contribution < -0.4 is 10.5 Å². The lowest BCUT2D eigenvalue weighted by molar-refractivity contribution is 0.485. The SMILES string of the molecule is Cc1ccc(Oc2cccc(C)c2N)c(Cl)c1. The maximum absolute atomic E-state index is 6.11. The van der Waals surface area contributed by atoms with Crippen LogP contribution in [0.5, 0.6) is 11.5 Å². The molecule has 0 radical (unpaired) electrons. The Morgan fingerprint density at radius 1 is 1.06 bits per heavy atom. The molecule has 3 heteroatoms. The third kappa shape index (κ3) is 2.53. The Bertz CT molecular complexity index is 552. The summed E-state index contributed by atoms with van der Waals surface area (Å²) in [6.45, 7) is 3.93. The van der Waals surface area contributed by atoms with Crippen molar-refractivity contribution in [3.05, 3.63) is 52.5 Å². The average molecular weight is 248 g/mol. The maximum atomic E-state index is 6.11. The van der Waals surface area contributed by atoms with Crippen molar-refractivity contribution in [2.75, 3.05) is 5.73 Å². The van der Waals surface area contributed by atoms with Crippen molar-refractivity contribution in [3.63, 3.8) is 0 Å². The molecule has 2 aromatic rings. The molecule has 0 unspecified atom stereocenters. The Morgan fingerprint density at radius 2 is 1.82 bits per heavy atom. The van der Waals surface area contributed by atoms with E-state index in [2.05, 4.69) is 0 Å². The molecule has 0 fully saturated rings. The number of aryl methyl sites for hydroxylation is 2. The zero-order valence-electron chi connectivity index (χ0n) is 9.83. The van der Waals surface area contributed by atoms with Gasteiger partial charge in [0.25, 0.3) is 0 Å². The molecule has 2 nitrogen and oxygen atoms in total. The van der Waals surface area contributed by atoms with Gasteiger partial charge in [-0.1, -0.05) is 29.8 Å². The van der Waals surface area contributed by atoms with Crippen molar-refractivity contribution in [3.8, 4) is 11.5 Å². The van der Waals surface area contributed by atoms with Crippen LogP contribution in [0.3, 0.4) is 0 Å². The van der Waals surface area contributed by atoms with Crippen LogP contribution in [-0.4, -0.2) is 0 Å². The molecule has 2 aromatic carbocycles. The number of hydrogen-bond donors (Lipinski definition) is 1. The van der Waals surface area contributed by atoms with Crippen LogP contribution in [0.4, 0.5) is 5.69 Å². The molecular formula is C14H14ClNO. The fraction of sp³-hybridized carbons (Fsp3) is 0.143. The highest BCUT2D eigenvalue weighted by atomic mass is 35.5. The van der Waals surface area contributed by atoms with Crippen LogP contribution in [0.15, 0.2) is 36.4 Å². The molecule has 0 amide bonds. The number of nitrogens with two attached hydrogens (primary N) is 1. The second kappa shape index (κ2) is 4.68. The molecule has 0 saturated heterocycles. The molecule has 17 heavy (non-hydrogen) atoms. The second-order valence-corrected chi connectivity index (χ2v) is 4.43. The van der Waals surface area contributed by atoms with Crippen molar-refractivity contribution in [2.24, 2.45) is 0 Å². The van der Waals surface area contributed by atoms with Crippen LogP contribution in [-0.2, 0) is 0 Å². The van der Waals surface area contributed by atoms with Gasteiger partial charge in [-0.15, -0.1) is 0 Å². The van der Waals surface area contributed by atoms with Gasteiger partial charge in [-0.25, -0.2) is 0 Å². The largest absolute Gasteiger partial charge is 0.454 e. The summed E-state index contributed by atoms with van der Waals surface area (Å²) in [5, 5.41) is 0.589. The van der Waals surface area contributed by atoms with Gasteiger partial charge < -0.3 is 10.5 Å². The number of para-hydroxylation sites is 1. The first-order valence-electron chi connectivity index (χ1n) is 5.37. The van der Waals surface area contributed by atoms with Gasteiger partial charge in [0.05, 0.1) is 10.7 Å². The van der Waals surface area contributed by atoms with E-state index in [-0.39, 0.29) is 0 Å². The van der Waals surface area contributed by atoms with Gasteiger partial charge in [-0.05, 0) is 43.2 Å². The smallest absolute Gasteiger partial charge is 0.150 e. The number of hydrogen-bond acceptors (Lipinski definition) is 2. The van der Waals surface area contributed by atoms with Gasteiger partial charge in [0.2, 0.25) is 0 Å². The van der Waals surface area contributed by atoms with Gasteiger partial charge in [0.1, 0.15) is 5.75 Å². The minimum atomic E-state index is 0.589. The highest BCUT2D eigenvalue weighted by Gasteiger charge is 2.07. The number of halogens is 1. The van der Waals surface area contributed by atoms with Crippen molar-refractivity contribution in [1.82, 2.24) is 0 Å². The lowest BCUT2D eigenvalue weighted by Crippen LogP contribution is -1.95. The topological polar surface area (TPSA) is 35.2 Å². The predicted octanol–water partition coefficient (Wildman–Crippen LogP) is 4.33. The van der Waals surface area contributed by atoms with Gasteiger partial charge in [0, 0.05) is 0 Å². The molecule has 0 heterocycles. The van der Waals surface area contributed by atoms with E-state index >= 15 is 0 Å². The molecule has 0 aliphatic heterocycles. The fourth-order valence-electron chi connectivity index (χ4n) is 1.55. The van der Waals surface area contributed by atoms with Crippen LogP contribution >= 0.6 is 11.6 Å². The first kappa shape index (κ1) is 11.8. The Hall–Kier alpha value is -1.67. The van der Waals surface area contributed by atoms with Gasteiger partial charge in [-0.3, -0.25) is 0 Å². The van der Waals surface area contributed by atoms with Crippen LogP contribution in [0.25, 0.3) is 0 Å². The molecule has 0 atom stereocenters. The molecular weight excluding hydrogens is 234 g/mol. The average Bonchev–Trinajstić information content (AvgIpc) is 2.28. The number of ether oxygens (including phenoxy) is 1. The van der Waals surface area contributed by atoms with Gasteiger partial charge >= 0.3 is 0 Å². The minimum absolute atomic E-state index is 0.589. The third-order valence-electron chi connectivity index (χ3n) is 2.59. The van der Waals surface area contributed by atoms with E-state index in [0.717, 1.165) is 11.1 Å². The number of anilines is 1. The van der Waals surface area contributed by atoms with Crippen molar-refractivity contribution in [2.45, 2.75) is 13.8 Å². The first-order chi connectivity index (χ1) is 8.08. The summed E-state index contributed by atoms with van der Waals surface area (Å²) in [4.78, 5) is 0. The van der Waals surface area contributed by atoms with E-state index in [1.807, 2.05) is 50.2 Å². The van der Waals surface area contributed by atoms with E-state index in [9.17, 15) is 0 Å². The standard InChI is InChI=1S/C14H14ClNO/c1-9-6-7-12(11(15)8-9)17-13-5-3-4-10(2)14(13)16/h3-8H,16H2,1-2H3. The Kier molecular flexibility index (Phi) is 3.25. The molecule has 0 aromatic heterocycles. The van der Waals surface area contributed by atoms with E-state index in [4.69, 9.17) is 22.1 Å². The number of rotatable bonds is 2. The van der Waals surface area contributed by atoms with E-state index in [1.54, 1.807) is 0 Å². The van der Waals surface area contributed by atoms with Crippen LogP contribution in [0.1, 0.15) is 11.1 Å². The Morgan fingerprint density at radius 3 is 2.53 bits per heavy atom. The monoisotopic (exact) mass is 247 g/mol. The summed E-state index contributed by atoms with van der Waals surface area (Å²) >= 11 is 6.11. The summed E-state index contributed by atoms with van der Waals surface area (Å²) in [6.07, 6.45) is 0. The predicted molar refractivity (Wildman–Crippen MR) is 71.9 cm³/mol. The number of nitrogen functional groups attached to an aromatic ring is 1. The third-order valence-corrected chi connectivity index (χ3v) is 2.89. The second-order valence-electron chi connectivity index (χ2n) is 4.02. The zero-order valence-corrected chi connectivity index (χ0v) is 10.6. The van der Waals surface area contributed by atoms with Crippen molar-refractivity contribution in [1.29, 1.82) is 0 Å². The van der Waals surface area contributed by atoms with Gasteiger partial charge in [0.15, 0.2) is 5.75 Å². The molecule has 0 saturated carbocycles. The molecule has 0 aliphatic rings. The quantitative estimate of drug-likeness (QED) is 0.802. The summed E-state index contributed by atoms with van der Waals surface area (Å²) < 4.78 is 5.72. The fourth-order valence-corrected chi connectivity index (χ4v) is 1.82. The zero-order chi connectivity index (χ0) is 12.4. The Balaban J connectivity index is 2.35. The molecule has 2 rings (SSSR count). The molecule has 0 bridgehead atoms. The Labute approximate surface area is 106 Å². The van der Waals surface area contributed by atoms with Crippen LogP contribution in [0, 0.1) is 13.8 Å². The van der Waals surface area contributed by atoms with Crippen molar-refractivity contribution >= 4 is 17.3 Å². The minimum Gasteiger partial charge on any atom is -0.454 e. The highest BCUT2D eigenvalue weighted by molar-refractivity contribution is 6.32. The first-order valence-corrected chi connectivity index (χ1v) is 5.75. The molecule has 0 spiro atoms. The normalized spacial score (nSPS) is 10.3. The molecule has 88 valence electrons. The van der Waals surface area contributed by atoms with E-state index < -0.39 is 0 Å². The summed E-state index contributed by atoms with van der Waals surface area (Å²) in [5.74, 6) is 1.25. The van der Waals surface area contributed by atoms with E-state index in [1.165, 1.54) is 0 Å². The van der Waals surface area contributed by atoms with Crippen molar-refractivity contribution < 1.29 is 4.74 Å². The summed E-state index contributed by atoms with van der Waals surface area (Å²) in [5.41, 5.74) is 8.67. The molecule has 2 N–H and O–H groups in total. The van der Waals surface area contributed by atoms with E-state index in [0.29, 0.717) is 22.2 Å².